The molecule has 0 atom stereocenters. The maximum atomic E-state index is 13.5. The molecule has 0 radical (unpaired) electrons. The summed E-state index contributed by atoms with van der Waals surface area (Å²) in [7, 11) is 0. The summed E-state index contributed by atoms with van der Waals surface area (Å²) in [5.41, 5.74) is 0.397. The molecule has 0 aromatic carbocycles. The number of ketones is 1. The summed E-state index contributed by atoms with van der Waals surface area (Å²) in [4.78, 5) is 46.8. The first kappa shape index (κ1) is 21.0. The predicted octanol–water partition coefficient (Wildman–Crippen LogP) is 2.32. The van der Waals surface area contributed by atoms with Crippen LogP contribution in [0.5, 0.6) is 0 Å². The van der Waals surface area contributed by atoms with Gasteiger partial charge in [-0.1, -0.05) is 0 Å². The van der Waals surface area contributed by atoms with Gasteiger partial charge in [0.1, 0.15) is 5.54 Å². The van der Waals surface area contributed by atoms with Gasteiger partial charge < -0.3 is 10.4 Å². The van der Waals surface area contributed by atoms with Gasteiger partial charge in [-0.2, -0.15) is 0 Å². The Bertz CT molecular complexity index is 1030. The third-order valence-corrected chi connectivity index (χ3v) is 5.78. The van der Waals surface area contributed by atoms with Crippen LogP contribution in [-0.4, -0.2) is 55.7 Å². The molecule has 2 N–H and O–H groups in total. The molecule has 2 aromatic heterocycles. The van der Waals surface area contributed by atoms with E-state index in [1.807, 2.05) is 0 Å². The smallest absolute Gasteiger partial charge is 0.325 e. The first-order valence-electron chi connectivity index (χ1n) is 9.81. The number of carbonyl (C=O) groups is 3. The van der Waals surface area contributed by atoms with E-state index in [9.17, 15) is 28.3 Å². The van der Waals surface area contributed by atoms with Crippen molar-refractivity contribution in [3.05, 3.63) is 47.9 Å². The molecule has 1 saturated carbocycles. The third kappa shape index (κ3) is 3.90. The van der Waals surface area contributed by atoms with Crippen molar-refractivity contribution in [3.63, 3.8) is 0 Å². The molecule has 1 aliphatic heterocycles. The number of urea groups is 1. The van der Waals surface area contributed by atoms with Gasteiger partial charge in [-0.15, -0.1) is 0 Å². The zero-order valence-corrected chi connectivity index (χ0v) is 16.5. The number of carbonyl (C=O) groups excluding carboxylic acids is 3. The van der Waals surface area contributed by atoms with Crippen LogP contribution in [0.2, 0.25) is 0 Å². The van der Waals surface area contributed by atoms with Crippen LogP contribution in [0, 0.1) is 0 Å². The summed E-state index contributed by atoms with van der Waals surface area (Å²) in [6.07, 6.45) is 1.56. The zero-order chi connectivity index (χ0) is 22.2. The van der Waals surface area contributed by atoms with Gasteiger partial charge in [0, 0.05) is 36.4 Å². The van der Waals surface area contributed by atoms with E-state index in [0.29, 0.717) is 17.0 Å². The Kier molecular flexibility index (Phi) is 5.26. The van der Waals surface area contributed by atoms with Gasteiger partial charge >= 0.3 is 6.03 Å². The minimum atomic E-state index is -2.85. The van der Waals surface area contributed by atoms with Crippen molar-refractivity contribution in [3.8, 4) is 11.3 Å². The lowest BCUT2D eigenvalue weighted by Gasteiger charge is -2.34. The Hall–Kier alpha value is -3.27. The normalized spacial score (nSPS) is 19.5. The van der Waals surface area contributed by atoms with E-state index in [0.717, 1.165) is 4.90 Å². The SMILES string of the molecule is O=C(CN1C(=O)NC2(CCC(F)(F)CC2)C1=O)c1ccc(-c2cccnc2CO)nc1. The molecule has 2 aromatic rings. The van der Waals surface area contributed by atoms with Gasteiger partial charge in [0.15, 0.2) is 5.78 Å². The Labute approximate surface area is 176 Å². The van der Waals surface area contributed by atoms with E-state index in [1.54, 1.807) is 24.4 Å². The van der Waals surface area contributed by atoms with Crippen molar-refractivity contribution in [1.82, 2.24) is 20.2 Å². The van der Waals surface area contributed by atoms with Gasteiger partial charge in [0.05, 0.1) is 24.5 Å². The molecular weight excluding hydrogens is 410 g/mol. The number of amides is 3. The lowest BCUT2D eigenvalue weighted by molar-refractivity contribution is -0.135. The van der Waals surface area contributed by atoms with Crippen LogP contribution in [0.15, 0.2) is 36.7 Å². The minimum Gasteiger partial charge on any atom is -0.390 e. The number of pyridine rings is 2. The van der Waals surface area contributed by atoms with Crippen LogP contribution in [0.4, 0.5) is 13.6 Å². The quantitative estimate of drug-likeness (QED) is 0.556. The fraction of sp³-hybridized carbons (Fsp3) is 0.381. The number of alkyl halides is 2. The number of nitrogens with zero attached hydrogens (tertiary/aromatic N) is 3. The van der Waals surface area contributed by atoms with Crippen LogP contribution in [0.1, 0.15) is 41.7 Å². The van der Waals surface area contributed by atoms with Crippen LogP contribution in [0.25, 0.3) is 11.3 Å². The number of imide groups is 1. The van der Waals surface area contributed by atoms with Crippen molar-refractivity contribution in [2.24, 2.45) is 0 Å². The molecule has 8 nitrogen and oxygen atoms in total. The second-order valence-electron chi connectivity index (χ2n) is 7.77. The number of aliphatic hydroxyl groups is 1. The van der Waals surface area contributed by atoms with Gasteiger partial charge in [-0.25, -0.2) is 13.6 Å². The van der Waals surface area contributed by atoms with E-state index in [2.05, 4.69) is 15.3 Å². The molecule has 2 fully saturated rings. The molecule has 162 valence electrons. The van der Waals surface area contributed by atoms with Gasteiger partial charge in [-0.3, -0.25) is 24.5 Å². The second-order valence-corrected chi connectivity index (χ2v) is 7.77. The minimum absolute atomic E-state index is 0.163. The summed E-state index contributed by atoms with van der Waals surface area (Å²) in [6, 6.07) is 5.77. The number of Topliss-reactive ketones (excluding diaryl/α,β-unsaturated/α-hetero) is 1. The van der Waals surface area contributed by atoms with Crippen LogP contribution < -0.4 is 5.32 Å². The first-order valence-corrected chi connectivity index (χ1v) is 9.81. The average Bonchev–Trinajstić information content (AvgIpc) is 3.00. The highest BCUT2D eigenvalue weighted by Crippen LogP contribution is 2.41. The largest absolute Gasteiger partial charge is 0.390 e. The van der Waals surface area contributed by atoms with E-state index in [-0.39, 0.29) is 25.0 Å². The molecule has 1 spiro atoms. The highest BCUT2D eigenvalue weighted by atomic mass is 19.3. The molecule has 3 amide bonds. The fourth-order valence-electron chi connectivity index (χ4n) is 3.95. The van der Waals surface area contributed by atoms with Crippen molar-refractivity contribution in [2.45, 2.75) is 43.8 Å². The standard InChI is InChI=1S/C21H20F2N4O4/c22-21(23)7-5-20(6-8-21)18(30)27(19(31)26-20)11-17(29)13-3-4-15(25-10-13)14-2-1-9-24-16(14)12-28/h1-4,9-10,28H,5-8,11-12H2,(H,26,31). The Balaban J connectivity index is 1.47. The summed E-state index contributed by atoms with van der Waals surface area (Å²) in [5, 5.41) is 11.9. The van der Waals surface area contributed by atoms with Crippen LogP contribution in [0.3, 0.4) is 0 Å². The lowest BCUT2D eigenvalue weighted by atomic mass is 9.80. The lowest BCUT2D eigenvalue weighted by Crippen LogP contribution is -2.51. The van der Waals surface area contributed by atoms with Crippen molar-refractivity contribution in [2.75, 3.05) is 6.54 Å². The first-order chi connectivity index (χ1) is 14.7. The second kappa shape index (κ2) is 7.77. The van der Waals surface area contributed by atoms with Crippen molar-refractivity contribution in [1.29, 1.82) is 0 Å². The maximum Gasteiger partial charge on any atom is 0.325 e. The monoisotopic (exact) mass is 430 g/mol. The number of nitrogens with one attached hydrogen (secondary N) is 1. The molecule has 2 aliphatic rings. The summed E-state index contributed by atoms with van der Waals surface area (Å²) in [5.74, 6) is -4.00. The summed E-state index contributed by atoms with van der Waals surface area (Å²) in [6.45, 7) is -0.767. The molecule has 1 aliphatic carbocycles. The Morgan fingerprint density at radius 3 is 2.52 bits per heavy atom. The molecule has 31 heavy (non-hydrogen) atoms. The maximum absolute atomic E-state index is 13.5. The number of hydrogen-bond acceptors (Lipinski definition) is 6. The highest BCUT2D eigenvalue weighted by molar-refractivity contribution is 6.11. The molecule has 3 heterocycles. The van der Waals surface area contributed by atoms with Crippen molar-refractivity contribution >= 4 is 17.7 Å². The number of hydrogen-bond donors (Lipinski definition) is 2. The van der Waals surface area contributed by atoms with E-state index in [4.69, 9.17) is 0 Å². The number of halogens is 2. The average molecular weight is 430 g/mol. The van der Waals surface area contributed by atoms with Gasteiger partial charge in [-0.05, 0) is 37.1 Å². The number of aromatic nitrogens is 2. The summed E-state index contributed by atoms with van der Waals surface area (Å²) < 4.78 is 27.0. The Morgan fingerprint density at radius 1 is 1.13 bits per heavy atom. The molecule has 4 rings (SSSR count). The fourth-order valence-corrected chi connectivity index (χ4v) is 3.95. The number of aliphatic hydroxyl groups excluding tert-OH is 1. The molecule has 10 heteroatoms. The predicted molar refractivity (Wildman–Crippen MR) is 104 cm³/mol. The summed E-state index contributed by atoms with van der Waals surface area (Å²) >= 11 is 0. The topological polar surface area (TPSA) is 112 Å². The van der Waals surface area contributed by atoms with Crippen molar-refractivity contribution < 1.29 is 28.3 Å². The van der Waals surface area contributed by atoms with Crippen LogP contribution >= 0.6 is 0 Å². The third-order valence-electron chi connectivity index (χ3n) is 5.78. The van der Waals surface area contributed by atoms with E-state index in [1.165, 1.54) is 12.3 Å². The highest BCUT2D eigenvalue weighted by Gasteiger charge is 2.55. The molecule has 0 unspecified atom stereocenters. The zero-order valence-electron chi connectivity index (χ0n) is 16.5. The number of rotatable bonds is 5. The van der Waals surface area contributed by atoms with E-state index < -0.39 is 48.6 Å². The van der Waals surface area contributed by atoms with Gasteiger partial charge in [0.2, 0.25) is 5.92 Å². The van der Waals surface area contributed by atoms with Gasteiger partial charge in [0.25, 0.3) is 5.91 Å². The van der Waals surface area contributed by atoms with Crippen LogP contribution in [-0.2, 0) is 11.4 Å². The molecular formula is C21H20F2N4O4. The van der Waals surface area contributed by atoms with E-state index >= 15 is 0 Å². The molecule has 1 saturated heterocycles. The Morgan fingerprint density at radius 2 is 1.87 bits per heavy atom. The molecule has 0 bridgehead atoms.